The van der Waals surface area contributed by atoms with Gasteiger partial charge in [0.1, 0.15) is 6.54 Å². The van der Waals surface area contributed by atoms with Gasteiger partial charge in [0.25, 0.3) is 5.56 Å². The third kappa shape index (κ3) is 2.24. The van der Waals surface area contributed by atoms with Gasteiger partial charge in [0.15, 0.2) is 0 Å². The number of carbonyl (C=O) groups excluding carboxylic acids is 1. The lowest BCUT2D eigenvalue weighted by molar-refractivity contribution is -0.149. The van der Waals surface area contributed by atoms with Crippen LogP contribution in [0.3, 0.4) is 0 Å². The first-order valence-electron chi connectivity index (χ1n) is 7.19. The van der Waals surface area contributed by atoms with Crippen molar-refractivity contribution >= 4 is 11.9 Å². The molecule has 6 nitrogen and oxygen atoms in total. The van der Waals surface area contributed by atoms with Crippen LogP contribution in [-0.4, -0.2) is 39.5 Å². The molecule has 112 valence electrons. The summed E-state index contributed by atoms with van der Waals surface area (Å²) in [5.74, 6) is -0.929. The molecule has 3 rings (SSSR count). The maximum atomic E-state index is 12.3. The van der Waals surface area contributed by atoms with Crippen molar-refractivity contribution in [2.45, 2.75) is 25.8 Å². The Bertz CT molecular complexity index is 639. The predicted octanol–water partition coefficient (Wildman–Crippen LogP) is 0.562. The zero-order valence-corrected chi connectivity index (χ0v) is 11.7. The van der Waals surface area contributed by atoms with E-state index >= 15 is 0 Å². The molecule has 2 atom stereocenters. The lowest BCUT2D eigenvalue weighted by Gasteiger charge is -2.23. The molecule has 1 amide bonds. The Labute approximate surface area is 122 Å². The Morgan fingerprint density at radius 2 is 2.19 bits per heavy atom. The minimum atomic E-state index is -0.794. The van der Waals surface area contributed by atoms with Gasteiger partial charge in [0.05, 0.1) is 5.41 Å². The van der Waals surface area contributed by atoms with Gasteiger partial charge in [0.2, 0.25) is 5.91 Å². The number of carboxylic acids is 1. The zero-order valence-electron chi connectivity index (χ0n) is 11.7. The van der Waals surface area contributed by atoms with E-state index in [1.807, 2.05) is 0 Å². The number of fused-ring (bicyclic) bond motifs is 1. The normalized spacial score (nSPS) is 27.6. The minimum Gasteiger partial charge on any atom is -0.481 e. The monoisotopic (exact) mass is 290 g/mol. The Balaban J connectivity index is 1.75. The fourth-order valence-electron chi connectivity index (χ4n) is 3.67. The number of hydrogen-bond acceptors (Lipinski definition) is 3. The van der Waals surface area contributed by atoms with Crippen LogP contribution < -0.4 is 5.56 Å². The van der Waals surface area contributed by atoms with Crippen LogP contribution in [0.5, 0.6) is 0 Å². The number of aliphatic carboxylic acids is 1. The molecule has 0 aromatic carbocycles. The molecule has 0 radical (unpaired) electrons. The quantitative estimate of drug-likeness (QED) is 0.882. The van der Waals surface area contributed by atoms with Crippen LogP contribution in [0.1, 0.15) is 19.3 Å². The molecule has 0 bridgehead atoms. The number of carboxylic acid groups (broad SMARTS) is 1. The topological polar surface area (TPSA) is 79.6 Å². The second-order valence-corrected chi connectivity index (χ2v) is 5.99. The van der Waals surface area contributed by atoms with Crippen LogP contribution >= 0.6 is 0 Å². The van der Waals surface area contributed by atoms with E-state index < -0.39 is 11.4 Å². The molecule has 21 heavy (non-hydrogen) atoms. The highest BCUT2D eigenvalue weighted by Crippen LogP contribution is 2.48. The molecule has 1 aliphatic carbocycles. The molecule has 2 aliphatic rings. The highest BCUT2D eigenvalue weighted by Gasteiger charge is 2.55. The summed E-state index contributed by atoms with van der Waals surface area (Å²) < 4.78 is 1.35. The summed E-state index contributed by atoms with van der Waals surface area (Å²) in [4.78, 5) is 37.2. The van der Waals surface area contributed by atoms with Gasteiger partial charge in [-0.25, -0.2) is 0 Å². The van der Waals surface area contributed by atoms with Crippen LogP contribution in [0.25, 0.3) is 0 Å². The molecule has 1 aromatic rings. The summed E-state index contributed by atoms with van der Waals surface area (Å²) in [6.45, 7) is 0.738. The molecule has 2 fully saturated rings. The van der Waals surface area contributed by atoms with E-state index in [4.69, 9.17) is 0 Å². The van der Waals surface area contributed by atoms with Crippen molar-refractivity contribution in [1.82, 2.24) is 9.47 Å². The van der Waals surface area contributed by atoms with Gasteiger partial charge >= 0.3 is 5.97 Å². The largest absolute Gasteiger partial charge is 0.481 e. The van der Waals surface area contributed by atoms with E-state index in [-0.39, 0.29) is 30.5 Å². The van der Waals surface area contributed by atoms with Crippen LogP contribution in [0, 0.1) is 11.3 Å². The molecule has 0 spiro atoms. The van der Waals surface area contributed by atoms with Crippen molar-refractivity contribution in [3.63, 3.8) is 0 Å². The first-order chi connectivity index (χ1) is 10.0. The van der Waals surface area contributed by atoms with Crippen LogP contribution in [0.2, 0.25) is 0 Å². The van der Waals surface area contributed by atoms with Crippen molar-refractivity contribution in [3.8, 4) is 0 Å². The van der Waals surface area contributed by atoms with Crippen molar-refractivity contribution in [1.29, 1.82) is 0 Å². The Hall–Kier alpha value is -2.11. The fraction of sp³-hybridized carbons (Fsp3) is 0.533. The Kier molecular flexibility index (Phi) is 3.31. The summed E-state index contributed by atoms with van der Waals surface area (Å²) in [7, 11) is 0. The van der Waals surface area contributed by atoms with Crippen molar-refractivity contribution in [3.05, 3.63) is 34.7 Å². The highest BCUT2D eigenvalue weighted by molar-refractivity contribution is 5.81. The minimum absolute atomic E-state index is 0.0257. The van der Waals surface area contributed by atoms with E-state index in [9.17, 15) is 19.5 Å². The van der Waals surface area contributed by atoms with E-state index in [0.717, 1.165) is 12.8 Å². The number of amides is 1. The molecule has 2 heterocycles. The molecule has 1 aromatic heterocycles. The van der Waals surface area contributed by atoms with Gasteiger partial charge in [-0.15, -0.1) is 0 Å². The number of likely N-dealkylation sites (tertiary alicyclic amines) is 1. The molecule has 1 aliphatic heterocycles. The lowest BCUT2D eigenvalue weighted by Crippen LogP contribution is -2.39. The maximum Gasteiger partial charge on any atom is 0.311 e. The average Bonchev–Trinajstić information content (AvgIpc) is 2.99. The second kappa shape index (κ2) is 5.02. The second-order valence-electron chi connectivity index (χ2n) is 5.99. The van der Waals surface area contributed by atoms with Gasteiger partial charge in [-0.1, -0.05) is 12.5 Å². The van der Waals surface area contributed by atoms with Crippen molar-refractivity contribution in [2.75, 3.05) is 13.1 Å². The summed E-state index contributed by atoms with van der Waals surface area (Å²) >= 11 is 0. The summed E-state index contributed by atoms with van der Waals surface area (Å²) in [6.07, 6.45) is 3.99. The SMILES string of the molecule is O=C(Cn1ccccc1=O)N1C[C@@H]2CCC[C@@]2(C(=O)O)C1. The number of hydrogen-bond donors (Lipinski definition) is 1. The van der Waals surface area contributed by atoms with Crippen molar-refractivity contribution < 1.29 is 14.7 Å². The smallest absolute Gasteiger partial charge is 0.311 e. The van der Waals surface area contributed by atoms with Gasteiger partial charge in [-0.05, 0) is 24.8 Å². The maximum absolute atomic E-state index is 12.3. The third-order valence-electron chi connectivity index (χ3n) is 4.85. The fourth-order valence-corrected chi connectivity index (χ4v) is 3.67. The lowest BCUT2D eigenvalue weighted by atomic mass is 9.81. The average molecular weight is 290 g/mol. The molecule has 1 saturated heterocycles. The molecule has 1 N–H and O–H groups in total. The number of aromatic nitrogens is 1. The standard InChI is InChI=1S/C15H18N2O4/c18-12-5-1-2-7-16(12)9-13(19)17-8-11-4-3-6-15(11,10-17)14(20)21/h1-2,5,7,11H,3-4,6,8-10H2,(H,20,21)/t11-,15+/m0/s1. The summed E-state index contributed by atoms with van der Waals surface area (Å²) in [6, 6.07) is 4.74. The first kappa shape index (κ1) is 13.9. The predicted molar refractivity (Wildman–Crippen MR) is 74.7 cm³/mol. The van der Waals surface area contributed by atoms with Crippen LogP contribution in [0.15, 0.2) is 29.2 Å². The number of pyridine rings is 1. The summed E-state index contributed by atoms with van der Waals surface area (Å²) in [5.41, 5.74) is -0.990. The van der Waals surface area contributed by atoms with Gasteiger partial charge < -0.3 is 14.6 Å². The highest BCUT2D eigenvalue weighted by atomic mass is 16.4. The van der Waals surface area contributed by atoms with E-state index in [1.54, 1.807) is 23.2 Å². The number of rotatable bonds is 3. The van der Waals surface area contributed by atoms with E-state index in [2.05, 4.69) is 0 Å². The van der Waals surface area contributed by atoms with Crippen LogP contribution in [0.4, 0.5) is 0 Å². The number of carbonyl (C=O) groups is 2. The van der Waals surface area contributed by atoms with Crippen molar-refractivity contribution in [2.24, 2.45) is 11.3 Å². The molecular weight excluding hydrogens is 272 g/mol. The summed E-state index contributed by atoms with van der Waals surface area (Å²) in [5, 5.41) is 9.51. The Morgan fingerprint density at radius 1 is 1.38 bits per heavy atom. The van der Waals surface area contributed by atoms with Gasteiger partial charge in [-0.3, -0.25) is 14.4 Å². The molecule has 1 saturated carbocycles. The third-order valence-corrected chi connectivity index (χ3v) is 4.85. The molecule has 6 heteroatoms. The Morgan fingerprint density at radius 3 is 2.86 bits per heavy atom. The zero-order chi connectivity index (χ0) is 15.0. The van der Waals surface area contributed by atoms with Crippen LogP contribution in [-0.2, 0) is 16.1 Å². The van der Waals surface area contributed by atoms with Gasteiger partial charge in [-0.2, -0.15) is 0 Å². The molecule has 0 unspecified atom stereocenters. The van der Waals surface area contributed by atoms with E-state index in [0.29, 0.717) is 13.0 Å². The van der Waals surface area contributed by atoms with E-state index in [1.165, 1.54) is 10.6 Å². The molecular formula is C15H18N2O4. The first-order valence-corrected chi connectivity index (χ1v) is 7.19. The van der Waals surface area contributed by atoms with Gasteiger partial charge in [0, 0.05) is 25.4 Å². The number of nitrogens with zero attached hydrogens (tertiary/aromatic N) is 2.